The molecule has 1 saturated heterocycles. The monoisotopic (exact) mass is 490 g/mol. The molecule has 1 atom stereocenters. The summed E-state index contributed by atoms with van der Waals surface area (Å²) in [6, 6.07) is 19.8. The third kappa shape index (κ3) is 5.01. The van der Waals surface area contributed by atoms with Crippen molar-refractivity contribution in [3.63, 3.8) is 0 Å². The first kappa shape index (κ1) is 22.0. The number of nitrogens with one attached hydrogen (secondary N) is 1. The average Bonchev–Trinajstić information content (AvgIpc) is 3.13. The summed E-state index contributed by atoms with van der Waals surface area (Å²) in [4.78, 5) is 26.9. The van der Waals surface area contributed by atoms with Crippen LogP contribution < -0.4 is 5.32 Å². The van der Waals surface area contributed by atoms with Crippen molar-refractivity contribution in [3.05, 3.63) is 98.5 Å². The van der Waals surface area contributed by atoms with Crippen molar-refractivity contribution in [1.29, 1.82) is 0 Å². The molecular weight excluding hydrogens is 475 g/mol. The van der Waals surface area contributed by atoms with Gasteiger partial charge in [-0.3, -0.25) is 9.59 Å². The van der Waals surface area contributed by atoms with E-state index in [2.05, 4.69) is 5.32 Å². The summed E-state index contributed by atoms with van der Waals surface area (Å²) in [6.07, 6.45) is 0. The Balaban J connectivity index is 1.48. The summed E-state index contributed by atoms with van der Waals surface area (Å²) in [6.45, 7) is 0.503. The SMILES string of the molecule is O=C(Nc1cccc(Cl)c1Cl)c1ccc([C@H]2SCC(=O)N2Cc2ccc(Cl)cc2)cc1. The third-order valence-corrected chi connectivity index (χ3v) is 7.22. The number of amides is 2. The fraction of sp³-hybridized carbons (Fsp3) is 0.130. The fourth-order valence-corrected chi connectivity index (χ4v) is 4.94. The minimum Gasteiger partial charge on any atom is -0.322 e. The van der Waals surface area contributed by atoms with E-state index in [-0.39, 0.29) is 17.2 Å². The first-order valence-electron chi connectivity index (χ1n) is 9.43. The smallest absolute Gasteiger partial charge is 0.255 e. The molecule has 1 fully saturated rings. The van der Waals surface area contributed by atoms with Crippen molar-refractivity contribution >= 4 is 64.1 Å². The van der Waals surface area contributed by atoms with E-state index in [0.29, 0.717) is 38.6 Å². The lowest BCUT2D eigenvalue weighted by molar-refractivity contribution is -0.128. The highest BCUT2D eigenvalue weighted by atomic mass is 35.5. The summed E-state index contributed by atoms with van der Waals surface area (Å²) >= 11 is 19.7. The van der Waals surface area contributed by atoms with Crippen molar-refractivity contribution < 1.29 is 9.59 Å². The maximum absolute atomic E-state index is 12.6. The van der Waals surface area contributed by atoms with Crippen molar-refractivity contribution in [2.24, 2.45) is 0 Å². The second-order valence-electron chi connectivity index (χ2n) is 6.99. The molecule has 0 aliphatic carbocycles. The molecule has 4 rings (SSSR count). The topological polar surface area (TPSA) is 49.4 Å². The van der Waals surface area contributed by atoms with Crippen LogP contribution in [0.5, 0.6) is 0 Å². The molecule has 31 heavy (non-hydrogen) atoms. The Morgan fingerprint density at radius 1 is 1.00 bits per heavy atom. The molecule has 4 nitrogen and oxygen atoms in total. The maximum atomic E-state index is 12.6. The number of thioether (sulfide) groups is 1. The van der Waals surface area contributed by atoms with Gasteiger partial charge in [0, 0.05) is 17.1 Å². The number of nitrogens with zero attached hydrogens (tertiary/aromatic N) is 1. The van der Waals surface area contributed by atoms with E-state index in [9.17, 15) is 9.59 Å². The molecule has 1 aliphatic rings. The van der Waals surface area contributed by atoms with Crippen LogP contribution in [0.1, 0.15) is 26.9 Å². The Morgan fingerprint density at radius 2 is 1.71 bits per heavy atom. The summed E-state index contributed by atoms with van der Waals surface area (Å²) in [5.74, 6) is 0.222. The minimum absolute atomic E-state index is 0.0855. The quantitative estimate of drug-likeness (QED) is 0.433. The minimum atomic E-state index is -0.288. The lowest BCUT2D eigenvalue weighted by Crippen LogP contribution is -2.27. The van der Waals surface area contributed by atoms with Gasteiger partial charge in [-0.05, 0) is 47.5 Å². The Hall–Kier alpha value is -2.18. The third-order valence-electron chi connectivity index (χ3n) is 4.89. The lowest BCUT2D eigenvalue weighted by atomic mass is 10.1. The zero-order valence-electron chi connectivity index (χ0n) is 16.1. The van der Waals surface area contributed by atoms with Gasteiger partial charge in [0.1, 0.15) is 5.37 Å². The highest BCUT2D eigenvalue weighted by Gasteiger charge is 2.32. The van der Waals surface area contributed by atoms with Gasteiger partial charge in [0.25, 0.3) is 5.91 Å². The van der Waals surface area contributed by atoms with E-state index in [1.165, 1.54) is 0 Å². The van der Waals surface area contributed by atoms with Crippen molar-refractivity contribution in [2.45, 2.75) is 11.9 Å². The molecule has 3 aromatic rings. The largest absolute Gasteiger partial charge is 0.322 e. The van der Waals surface area contributed by atoms with Crippen LogP contribution in [-0.2, 0) is 11.3 Å². The molecule has 1 heterocycles. The van der Waals surface area contributed by atoms with Gasteiger partial charge in [0.15, 0.2) is 0 Å². The number of halogens is 3. The van der Waals surface area contributed by atoms with E-state index < -0.39 is 0 Å². The molecular formula is C23H17Cl3N2O2S. The lowest BCUT2D eigenvalue weighted by Gasteiger charge is -2.24. The molecule has 2 amide bonds. The zero-order valence-corrected chi connectivity index (χ0v) is 19.2. The summed E-state index contributed by atoms with van der Waals surface area (Å²) in [5, 5.41) is 4.00. The number of hydrogen-bond acceptors (Lipinski definition) is 3. The van der Waals surface area contributed by atoms with Crippen LogP contribution in [0.3, 0.4) is 0 Å². The number of anilines is 1. The molecule has 0 spiro atoms. The molecule has 0 saturated carbocycles. The summed E-state index contributed by atoms with van der Waals surface area (Å²) < 4.78 is 0. The number of hydrogen-bond donors (Lipinski definition) is 1. The molecule has 8 heteroatoms. The van der Waals surface area contributed by atoms with Crippen LogP contribution in [-0.4, -0.2) is 22.5 Å². The number of benzene rings is 3. The second kappa shape index (κ2) is 9.53. The van der Waals surface area contributed by atoms with Gasteiger partial charge in [-0.1, -0.05) is 65.1 Å². The normalized spacial score (nSPS) is 15.9. The Morgan fingerprint density at radius 3 is 2.42 bits per heavy atom. The highest BCUT2D eigenvalue weighted by molar-refractivity contribution is 8.00. The molecule has 3 aromatic carbocycles. The molecule has 0 aromatic heterocycles. The van der Waals surface area contributed by atoms with E-state index in [0.717, 1.165) is 11.1 Å². The second-order valence-corrected chi connectivity index (χ2v) is 9.28. The predicted octanol–water partition coefficient (Wildman–Crippen LogP) is 6.67. The number of carbonyl (C=O) groups is 2. The summed E-state index contributed by atoms with van der Waals surface area (Å²) in [7, 11) is 0. The van der Waals surface area contributed by atoms with Crippen LogP contribution in [0.25, 0.3) is 0 Å². The van der Waals surface area contributed by atoms with Crippen LogP contribution in [0.15, 0.2) is 66.7 Å². The van der Waals surface area contributed by atoms with Crippen LogP contribution in [0.4, 0.5) is 5.69 Å². The highest BCUT2D eigenvalue weighted by Crippen LogP contribution is 2.39. The van der Waals surface area contributed by atoms with Gasteiger partial charge in [0.05, 0.1) is 21.5 Å². The van der Waals surface area contributed by atoms with Crippen molar-refractivity contribution in [1.82, 2.24) is 4.90 Å². The van der Waals surface area contributed by atoms with E-state index >= 15 is 0 Å². The van der Waals surface area contributed by atoms with Crippen LogP contribution in [0.2, 0.25) is 15.1 Å². The van der Waals surface area contributed by atoms with Crippen LogP contribution in [0, 0.1) is 0 Å². The van der Waals surface area contributed by atoms with Crippen molar-refractivity contribution in [3.8, 4) is 0 Å². The number of carbonyl (C=O) groups excluding carboxylic acids is 2. The molecule has 0 unspecified atom stereocenters. The van der Waals surface area contributed by atoms with Crippen molar-refractivity contribution in [2.75, 3.05) is 11.1 Å². The van der Waals surface area contributed by atoms with Gasteiger partial charge in [-0.25, -0.2) is 0 Å². The molecule has 158 valence electrons. The average molecular weight is 492 g/mol. The molecule has 1 N–H and O–H groups in total. The van der Waals surface area contributed by atoms with Gasteiger partial charge in [-0.2, -0.15) is 0 Å². The zero-order chi connectivity index (χ0) is 22.0. The Labute approximate surface area is 199 Å². The van der Waals surface area contributed by atoms with Gasteiger partial charge >= 0.3 is 0 Å². The standard InChI is InChI=1S/C23H17Cl3N2O2S/c24-17-10-4-14(5-11-17)12-28-20(29)13-31-23(28)16-8-6-15(7-9-16)22(30)27-19-3-1-2-18(25)21(19)26/h1-11,23H,12-13H2,(H,27,30)/t23-/m1/s1. The fourth-order valence-electron chi connectivity index (χ4n) is 3.28. The van der Waals surface area contributed by atoms with Crippen LogP contribution >= 0.6 is 46.6 Å². The predicted molar refractivity (Wildman–Crippen MR) is 128 cm³/mol. The van der Waals surface area contributed by atoms with Gasteiger partial charge < -0.3 is 10.2 Å². The van der Waals surface area contributed by atoms with E-state index in [1.807, 2.05) is 41.3 Å². The number of rotatable bonds is 5. The maximum Gasteiger partial charge on any atom is 0.255 e. The molecule has 0 radical (unpaired) electrons. The Bertz CT molecular complexity index is 1120. The molecule has 0 bridgehead atoms. The van der Waals surface area contributed by atoms with Gasteiger partial charge in [0.2, 0.25) is 5.91 Å². The molecule has 1 aliphatic heterocycles. The summed E-state index contributed by atoms with van der Waals surface area (Å²) in [5.41, 5.74) is 2.91. The first-order valence-corrected chi connectivity index (χ1v) is 11.6. The Kier molecular flexibility index (Phi) is 6.77. The first-order chi connectivity index (χ1) is 14.9. The van der Waals surface area contributed by atoms with E-state index in [1.54, 1.807) is 42.1 Å². The van der Waals surface area contributed by atoms with Gasteiger partial charge in [-0.15, -0.1) is 11.8 Å². The van der Waals surface area contributed by atoms with E-state index in [4.69, 9.17) is 34.8 Å².